The first kappa shape index (κ1) is 15.5. The van der Waals surface area contributed by atoms with E-state index in [1.54, 1.807) is 26.0 Å². The predicted molar refractivity (Wildman–Crippen MR) is 78.6 cm³/mol. The maximum Gasteiger partial charge on any atom is 0.241 e. The molecule has 1 N–H and O–H groups in total. The lowest BCUT2D eigenvalue weighted by atomic mass is 10.2. The van der Waals surface area contributed by atoms with Crippen LogP contribution in [-0.4, -0.2) is 14.2 Å². The number of benzene rings is 1. The van der Waals surface area contributed by atoms with Crippen molar-refractivity contribution >= 4 is 15.8 Å². The highest BCUT2D eigenvalue weighted by Crippen LogP contribution is 2.19. The molecule has 1 unspecified atom stereocenters. The topological polar surface area (TPSA) is 76.4 Å². The molecule has 0 fully saturated rings. The van der Waals surface area contributed by atoms with E-state index in [1.807, 2.05) is 0 Å². The van der Waals surface area contributed by atoms with Crippen molar-refractivity contribution in [3.8, 4) is 0 Å². The van der Waals surface area contributed by atoms with Crippen LogP contribution in [0.15, 0.2) is 45.7 Å². The summed E-state index contributed by atoms with van der Waals surface area (Å²) in [6, 6.07) is 8.87. The molecule has 0 radical (unpaired) electrons. The van der Waals surface area contributed by atoms with Crippen LogP contribution in [-0.2, 0) is 10.0 Å². The number of Topliss-reactive ketones (excluding diaryl/α,β-unsaturated/α-hetero) is 1. The van der Waals surface area contributed by atoms with Crippen molar-refractivity contribution in [3.05, 3.63) is 53.5 Å². The Balaban J connectivity index is 2.19. The zero-order chi connectivity index (χ0) is 15.6. The first-order valence-electron chi connectivity index (χ1n) is 6.49. The Hall–Kier alpha value is -1.92. The summed E-state index contributed by atoms with van der Waals surface area (Å²) in [5.74, 6) is 1.17. The van der Waals surface area contributed by atoms with Crippen LogP contribution in [0.2, 0.25) is 0 Å². The van der Waals surface area contributed by atoms with Crippen LogP contribution in [0.3, 0.4) is 0 Å². The minimum absolute atomic E-state index is 0.105. The van der Waals surface area contributed by atoms with E-state index in [4.69, 9.17) is 4.42 Å². The molecule has 112 valence electrons. The van der Waals surface area contributed by atoms with Gasteiger partial charge in [-0.15, -0.1) is 0 Å². The van der Waals surface area contributed by atoms with Crippen LogP contribution in [0, 0.1) is 6.92 Å². The fourth-order valence-corrected chi connectivity index (χ4v) is 3.13. The molecule has 0 aliphatic rings. The number of ketones is 1. The summed E-state index contributed by atoms with van der Waals surface area (Å²) in [5, 5.41) is 0. The van der Waals surface area contributed by atoms with Gasteiger partial charge >= 0.3 is 0 Å². The molecule has 2 rings (SSSR count). The Morgan fingerprint density at radius 2 is 1.76 bits per heavy atom. The summed E-state index contributed by atoms with van der Waals surface area (Å²) < 4.78 is 32.5. The predicted octanol–water partition coefficient (Wildman–Crippen LogP) is 2.83. The zero-order valence-electron chi connectivity index (χ0n) is 12.1. The van der Waals surface area contributed by atoms with Crippen molar-refractivity contribution in [3.63, 3.8) is 0 Å². The van der Waals surface area contributed by atoms with E-state index in [-0.39, 0.29) is 10.7 Å². The van der Waals surface area contributed by atoms with Gasteiger partial charge in [-0.25, -0.2) is 13.1 Å². The number of carbonyl (C=O) groups excluding carboxylic acids is 1. The molecule has 1 aromatic carbocycles. The van der Waals surface area contributed by atoms with Crippen molar-refractivity contribution in [2.45, 2.75) is 31.7 Å². The SMILES string of the molecule is CC(=O)c1ccc(S(=O)(=O)NC(C)c2ccc(C)o2)cc1. The van der Waals surface area contributed by atoms with Gasteiger partial charge in [-0.3, -0.25) is 4.79 Å². The summed E-state index contributed by atoms with van der Waals surface area (Å²) in [7, 11) is -3.66. The third-order valence-electron chi connectivity index (χ3n) is 3.09. The molecule has 0 saturated carbocycles. The molecule has 0 amide bonds. The number of hydrogen-bond donors (Lipinski definition) is 1. The highest BCUT2D eigenvalue weighted by atomic mass is 32.2. The molecule has 0 spiro atoms. The molecular formula is C15H17NO4S. The number of rotatable bonds is 5. The van der Waals surface area contributed by atoms with Crippen LogP contribution in [0.1, 0.15) is 41.8 Å². The highest BCUT2D eigenvalue weighted by Gasteiger charge is 2.20. The van der Waals surface area contributed by atoms with Crippen molar-refractivity contribution in [2.75, 3.05) is 0 Å². The van der Waals surface area contributed by atoms with Gasteiger partial charge in [0.05, 0.1) is 10.9 Å². The number of hydrogen-bond acceptors (Lipinski definition) is 4. The Kier molecular flexibility index (Phi) is 4.29. The van der Waals surface area contributed by atoms with E-state index in [9.17, 15) is 13.2 Å². The molecule has 1 heterocycles. The summed E-state index contributed by atoms with van der Waals surface area (Å²) in [4.78, 5) is 11.3. The zero-order valence-corrected chi connectivity index (χ0v) is 12.9. The Morgan fingerprint density at radius 3 is 2.24 bits per heavy atom. The van der Waals surface area contributed by atoms with Crippen LogP contribution in [0.5, 0.6) is 0 Å². The smallest absolute Gasteiger partial charge is 0.241 e. The quantitative estimate of drug-likeness (QED) is 0.862. The molecule has 0 saturated heterocycles. The molecule has 21 heavy (non-hydrogen) atoms. The Labute approximate surface area is 124 Å². The van der Waals surface area contributed by atoms with Gasteiger partial charge in [-0.2, -0.15) is 0 Å². The van der Waals surface area contributed by atoms with Crippen LogP contribution >= 0.6 is 0 Å². The maximum absolute atomic E-state index is 12.3. The van der Waals surface area contributed by atoms with E-state index in [2.05, 4.69) is 4.72 Å². The summed E-state index contributed by atoms with van der Waals surface area (Å²) >= 11 is 0. The summed E-state index contributed by atoms with van der Waals surface area (Å²) in [6.07, 6.45) is 0. The van der Waals surface area contributed by atoms with Crippen LogP contribution in [0.4, 0.5) is 0 Å². The first-order chi connectivity index (χ1) is 9.79. The van der Waals surface area contributed by atoms with Gasteiger partial charge in [-0.1, -0.05) is 12.1 Å². The average Bonchev–Trinajstić information content (AvgIpc) is 2.85. The van der Waals surface area contributed by atoms with E-state index in [0.29, 0.717) is 11.3 Å². The van der Waals surface area contributed by atoms with Gasteiger partial charge in [0.1, 0.15) is 11.5 Å². The van der Waals surface area contributed by atoms with Gasteiger partial charge in [0.2, 0.25) is 10.0 Å². The van der Waals surface area contributed by atoms with Crippen molar-refractivity contribution < 1.29 is 17.6 Å². The fraction of sp³-hybridized carbons (Fsp3) is 0.267. The monoisotopic (exact) mass is 307 g/mol. The summed E-state index contributed by atoms with van der Waals surface area (Å²) in [6.45, 7) is 4.94. The second-order valence-corrected chi connectivity index (χ2v) is 6.59. The lowest BCUT2D eigenvalue weighted by Crippen LogP contribution is -2.26. The molecule has 2 aromatic rings. The van der Waals surface area contributed by atoms with Crippen molar-refractivity contribution in [1.82, 2.24) is 4.72 Å². The van der Waals surface area contributed by atoms with Gasteiger partial charge in [-0.05, 0) is 45.0 Å². The van der Waals surface area contributed by atoms with Crippen LogP contribution < -0.4 is 4.72 Å². The molecule has 1 aromatic heterocycles. The molecule has 6 heteroatoms. The third kappa shape index (κ3) is 3.59. The second kappa shape index (κ2) is 5.83. The van der Waals surface area contributed by atoms with Gasteiger partial charge in [0, 0.05) is 5.56 Å². The van der Waals surface area contributed by atoms with Gasteiger partial charge < -0.3 is 4.42 Å². The van der Waals surface area contributed by atoms with Crippen molar-refractivity contribution in [1.29, 1.82) is 0 Å². The molecule has 5 nitrogen and oxygen atoms in total. The number of nitrogens with one attached hydrogen (secondary N) is 1. The van der Waals surface area contributed by atoms with E-state index in [0.717, 1.165) is 5.76 Å². The third-order valence-corrected chi connectivity index (χ3v) is 4.65. The first-order valence-corrected chi connectivity index (χ1v) is 7.97. The largest absolute Gasteiger partial charge is 0.465 e. The minimum Gasteiger partial charge on any atom is -0.465 e. The molecular weight excluding hydrogens is 290 g/mol. The molecule has 0 bridgehead atoms. The van der Waals surface area contributed by atoms with Crippen molar-refractivity contribution in [2.24, 2.45) is 0 Å². The maximum atomic E-state index is 12.3. The number of furan rings is 1. The molecule has 1 atom stereocenters. The van der Waals surface area contributed by atoms with E-state index in [1.165, 1.54) is 31.2 Å². The number of sulfonamides is 1. The Bertz CT molecular complexity index is 744. The van der Waals surface area contributed by atoms with E-state index >= 15 is 0 Å². The lowest BCUT2D eigenvalue weighted by Gasteiger charge is -2.12. The lowest BCUT2D eigenvalue weighted by molar-refractivity contribution is 0.101. The van der Waals surface area contributed by atoms with Gasteiger partial charge in [0.25, 0.3) is 0 Å². The number of aryl methyl sites for hydroxylation is 1. The van der Waals surface area contributed by atoms with Crippen LogP contribution in [0.25, 0.3) is 0 Å². The average molecular weight is 307 g/mol. The fourth-order valence-electron chi connectivity index (χ4n) is 1.91. The molecule has 0 aliphatic carbocycles. The standard InChI is InChI=1S/C15H17NO4S/c1-10-4-9-15(20-10)11(2)16-21(18,19)14-7-5-13(6-8-14)12(3)17/h4-9,11,16H,1-3H3. The number of carbonyl (C=O) groups is 1. The minimum atomic E-state index is -3.66. The summed E-state index contributed by atoms with van der Waals surface area (Å²) in [5.41, 5.74) is 0.476. The Morgan fingerprint density at radius 1 is 1.14 bits per heavy atom. The van der Waals surface area contributed by atoms with Gasteiger partial charge in [0.15, 0.2) is 5.78 Å². The van der Waals surface area contributed by atoms with E-state index < -0.39 is 16.1 Å². The normalized spacial score (nSPS) is 13.1. The second-order valence-electron chi connectivity index (χ2n) is 4.87. The highest BCUT2D eigenvalue weighted by molar-refractivity contribution is 7.89. The molecule has 0 aliphatic heterocycles.